The summed E-state index contributed by atoms with van der Waals surface area (Å²) in [6, 6.07) is 20.0. The summed E-state index contributed by atoms with van der Waals surface area (Å²) in [7, 11) is 0. The number of thiophene rings is 1. The number of hydrogen-bond acceptors (Lipinski definition) is 2. The van der Waals surface area contributed by atoms with Gasteiger partial charge in [0.2, 0.25) is 0 Å². The van der Waals surface area contributed by atoms with Crippen molar-refractivity contribution in [1.82, 2.24) is 4.98 Å². The van der Waals surface area contributed by atoms with Crippen molar-refractivity contribution in [2.24, 2.45) is 0 Å². The van der Waals surface area contributed by atoms with E-state index in [4.69, 9.17) is 0 Å². The van der Waals surface area contributed by atoms with Crippen LogP contribution in [0.15, 0.2) is 60.9 Å². The molecule has 0 aliphatic heterocycles. The molecule has 0 saturated heterocycles. The lowest BCUT2D eigenvalue weighted by Crippen LogP contribution is -1.78. The highest BCUT2D eigenvalue weighted by Gasteiger charge is 2.09. The fourth-order valence-corrected chi connectivity index (χ4v) is 3.67. The molecule has 4 aromatic rings. The number of fused-ring (bicyclic) bond motifs is 3. The van der Waals surface area contributed by atoms with Gasteiger partial charge < -0.3 is 0 Å². The predicted octanol–water partition coefficient (Wildman–Crippen LogP) is 4.92. The van der Waals surface area contributed by atoms with E-state index in [9.17, 15) is 0 Å². The van der Waals surface area contributed by atoms with Gasteiger partial charge in [0.05, 0.1) is 0 Å². The number of aromatic nitrogens is 1. The SMILES string of the molecule is [c]1ccc2c(c1)sc1c(-c3ccncc3)cccc12. The summed E-state index contributed by atoms with van der Waals surface area (Å²) in [5.41, 5.74) is 2.50. The van der Waals surface area contributed by atoms with Crippen molar-refractivity contribution >= 4 is 31.5 Å². The van der Waals surface area contributed by atoms with Crippen LogP contribution in [0.5, 0.6) is 0 Å². The maximum Gasteiger partial charge on any atom is 0.0433 e. The minimum Gasteiger partial charge on any atom is -0.265 e. The van der Waals surface area contributed by atoms with Crippen LogP contribution in [0.2, 0.25) is 0 Å². The normalized spacial score (nSPS) is 11.2. The summed E-state index contributed by atoms with van der Waals surface area (Å²) < 4.78 is 2.63. The van der Waals surface area contributed by atoms with Gasteiger partial charge in [-0.15, -0.1) is 11.3 Å². The maximum absolute atomic E-state index is 4.09. The lowest BCUT2D eigenvalue weighted by Gasteiger charge is -2.02. The second-order valence-electron chi connectivity index (χ2n) is 4.44. The summed E-state index contributed by atoms with van der Waals surface area (Å²) in [5, 5.41) is 2.64. The molecule has 2 heterocycles. The molecule has 89 valence electrons. The zero-order valence-electron chi connectivity index (χ0n) is 10.1. The summed E-state index contributed by atoms with van der Waals surface area (Å²) in [6.45, 7) is 0. The van der Waals surface area contributed by atoms with Crippen LogP contribution >= 0.6 is 11.3 Å². The predicted molar refractivity (Wildman–Crippen MR) is 81.4 cm³/mol. The van der Waals surface area contributed by atoms with E-state index >= 15 is 0 Å². The van der Waals surface area contributed by atoms with Gasteiger partial charge in [0.15, 0.2) is 0 Å². The van der Waals surface area contributed by atoms with Gasteiger partial charge in [0.25, 0.3) is 0 Å². The molecule has 2 aromatic heterocycles. The van der Waals surface area contributed by atoms with E-state index in [1.807, 2.05) is 29.8 Å². The lowest BCUT2D eigenvalue weighted by atomic mass is 10.0. The van der Waals surface area contributed by atoms with Gasteiger partial charge in [0.1, 0.15) is 0 Å². The molecule has 4 rings (SSSR count). The first-order chi connectivity index (χ1) is 9.43. The van der Waals surface area contributed by atoms with E-state index in [1.54, 1.807) is 0 Å². The molecule has 0 spiro atoms. The molecule has 19 heavy (non-hydrogen) atoms. The highest BCUT2D eigenvalue weighted by molar-refractivity contribution is 7.26. The maximum atomic E-state index is 4.09. The molecule has 0 unspecified atom stereocenters. The van der Waals surface area contributed by atoms with Gasteiger partial charge in [-0.3, -0.25) is 4.98 Å². The molecular formula is C17H10NS. The van der Waals surface area contributed by atoms with Crippen LogP contribution in [0, 0.1) is 6.07 Å². The summed E-state index contributed by atoms with van der Waals surface area (Å²) in [5.74, 6) is 0. The van der Waals surface area contributed by atoms with Crippen molar-refractivity contribution in [3.8, 4) is 11.1 Å². The molecule has 0 atom stereocenters. The topological polar surface area (TPSA) is 12.9 Å². The van der Waals surface area contributed by atoms with Gasteiger partial charge in [-0.25, -0.2) is 0 Å². The highest BCUT2D eigenvalue weighted by Crippen LogP contribution is 2.39. The molecule has 0 aliphatic rings. The number of rotatable bonds is 1. The standard InChI is InChI=1S/C17H10NS/c1-2-7-16-14(4-1)15-6-3-5-13(17(15)19-16)12-8-10-18-11-9-12/h1,3-11H. The first-order valence-electron chi connectivity index (χ1n) is 6.15. The van der Waals surface area contributed by atoms with Crippen molar-refractivity contribution in [2.75, 3.05) is 0 Å². The van der Waals surface area contributed by atoms with Crippen LogP contribution in [0.4, 0.5) is 0 Å². The number of benzene rings is 2. The van der Waals surface area contributed by atoms with Gasteiger partial charge in [0, 0.05) is 32.6 Å². The monoisotopic (exact) mass is 260 g/mol. The Hall–Kier alpha value is -2.19. The zero-order valence-corrected chi connectivity index (χ0v) is 10.9. The minimum atomic E-state index is 1.22. The van der Waals surface area contributed by atoms with Crippen LogP contribution in [-0.4, -0.2) is 4.98 Å². The van der Waals surface area contributed by atoms with Crippen LogP contribution in [0.25, 0.3) is 31.3 Å². The molecule has 0 fully saturated rings. The number of hydrogen-bond donors (Lipinski definition) is 0. The van der Waals surface area contributed by atoms with Gasteiger partial charge in [-0.1, -0.05) is 30.3 Å². The van der Waals surface area contributed by atoms with E-state index < -0.39 is 0 Å². The van der Waals surface area contributed by atoms with Crippen LogP contribution in [0.1, 0.15) is 0 Å². The third kappa shape index (κ3) is 1.65. The largest absolute Gasteiger partial charge is 0.265 e. The molecule has 0 amide bonds. The molecular weight excluding hydrogens is 250 g/mol. The molecule has 0 N–H and O–H groups in total. The van der Waals surface area contributed by atoms with Crippen molar-refractivity contribution in [3.63, 3.8) is 0 Å². The van der Waals surface area contributed by atoms with Crippen molar-refractivity contribution in [2.45, 2.75) is 0 Å². The Morgan fingerprint density at radius 3 is 2.74 bits per heavy atom. The Morgan fingerprint density at radius 2 is 1.84 bits per heavy atom. The van der Waals surface area contributed by atoms with Gasteiger partial charge >= 0.3 is 0 Å². The molecule has 2 aromatic carbocycles. The van der Waals surface area contributed by atoms with E-state index in [1.165, 1.54) is 31.3 Å². The molecule has 2 heteroatoms. The second kappa shape index (κ2) is 4.18. The van der Waals surface area contributed by atoms with Crippen molar-refractivity contribution in [3.05, 3.63) is 67.0 Å². The smallest absolute Gasteiger partial charge is 0.0433 e. The third-order valence-electron chi connectivity index (χ3n) is 3.33. The van der Waals surface area contributed by atoms with Crippen LogP contribution in [-0.2, 0) is 0 Å². The van der Waals surface area contributed by atoms with E-state index in [-0.39, 0.29) is 0 Å². The van der Waals surface area contributed by atoms with E-state index in [0.717, 1.165) is 0 Å². The quantitative estimate of drug-likeness (QED) is 0.473. The van der Waals surface area contributed by atoms with Crippen LogP contribution < -0.4 is 0 Å². The first kappa shape index (κ1) is 10.7. The molecule has 1 nitrogen and oxygen atoms in total. The fourth-order valence-electron chi connectivity index (χ4n) is 2.45. The van der Waals surface area contributed by atoms with Gasteiger partial charge in [-0.2, -0.15) is 0 Å². The van der Waals surface area contributed by atoms with Crippen molar-refractivity contribution in [1.29, 1.82) is 0 Å². The molecule has 0 saturated carbocycles. The molecule has 1 radical (unpaired) electrons. The average Bonchev–Trinajstić information content (AvgIpc) is 2.87. The average molecular weight is 260 g/mol. The molecule has 0 bridgehead atoms. The lowest BCUT2D eigenvalue weighted by molar-refractivity contribution is 1.33. The highest BCUT2D eigenvalue weighted by atomic mass is 32.1. The summed E-state index contributed by atoms with van der Waals surface area (Å²) in [4.78, 5) is 4.09. The zero-order chi connectivity index (χ0) is 12.7. The Balaban J connectivity index is 2.13. The number of pyridine rings is 1. The summed E-state index contributed by atoms with van der Waals surface area (Å²) in [6.07, 6.45) is 3.69. The minimum absolute atomic E-state index is 1.22. The Kier molecular flexibility index (Phi) is 2.35. The van der Waals surface area contributed by atoms with Crippen molar-refractivity contribution < 1.29 is 0 Å². The van der Waals surface area contributed by atoms with E-state index in [0.29, 0.717) is 0 Å². The molecule has 0 aliphatic carbocycles. The van der Waals surface area contributed by atoms with Gasteiger partial charge in [-0.05, 0) is 35.4 Å². The summed E-state index contributed by atoms with van der Waals surface area (Å²) >= 11 is 1.83. The van der Waals surface area contributed by atoms with Crippen LogP contribution in [0.3, 0.4) is 0 Å². The first-order valence-corrected chi connectivity index (χ1v) is 6.97. The Bertz CT molecular complexity index is 862. The Labute approximate surface area is 115 Å². The number of nitrogens with zero attached hydrogens (tertiary/aromatic N) is 1. The Morgan fingerprint density at radius 1 is 0.947 bits per heavy atom. The van der Waals surface area contributed by atoms with E-state index in [2.05, 4.69) is 53.5 Å². The fraction of sp³-hybridized carbons (Fsp3) is 0. The second-order valence-corrected chi connectivity index (χ2v) is 5.49. The third-order valence-corrected chi connectivity index (χ3v) is 4.54.